The van der Waals surface area contributed by atoms with Crippen molar-refractivity contribution in [3.63, 3.8) is 0 Å². The molecule has 0 amide bonds. The number of nitrogens with one attached hydrogen (secondary N) is 1. The second-order valence-corrected chi connectivity index (χ2v) is 3.91. The van der Waals surface area contributed by atoms with Crippen LogP contribution in [0.2, 0.25) is 0 Å². The van der Waals surface area contributed by atoms with Gasteiger partial charge in [0.1, 0.15) is 5.78 Å². The minimum absolute atomic E-state index is 0.0143. The molecule has 2 heterocycles. The number of aromatic nitrogens is 1. The molecule has 0 radical (unpaired) electrons. The Hall–Kier alpha value is -0.740. The molecule has 2 rings (SSSR count). The fraction of sp³-hybridized carbons (Fsp3) is 0.500. The summed E-state index contributed by atoms with van der Waals surface area (Å²) in [5, 5.41) is 3.18. The molecule has 4 heteroatoms. The smallest absolute Gasteiger partial charge is 0.147 e. The van der Waals surface area contributed by atoms with Gasteiger partial charge in [-0.15, -0.1) is 11.3 Å². The van der Waals surface area contributed by atoms with E-state index in [1.807, 2.05) is 5.51 Å². The number of Topliss-reactive ketones (excluding diaryl/α,β-unsaturated/α-hetero) is 1. The summed E-state index contributed by atoms with van der Waals surface area (Å²) >= 11 is 1.65. The quantitative estimate of drug-likeness (QED) is 0.696. The molecular formula is C8H10N2OS. The maximum Gasteiger partial charge on any atom is 0.147 e. The number of ketones is 1. The average Bonchev–Trinajstić information content (AvgIpc) is 2.49. The van der Waals surface area contributed by atoms with Crippen molar-refractivity contribution in [1.29, 1.82) is 0 Å². The van der Waals surface area contributed by atoms with Gasteiger partial charge in [-0.2, -0.15) is 0 Å². The van der Waals surface area contributed by atoms with Crippen molar-refractivity contribution in [2.75, 3.05) is 0 Å². The number of rotatable bonds is 1. The normalized spacial score (nSPS) is 21.9. The highest BCUT2D eigenvalue weighted by Gasteiger charge is 2.22. The third-order valence-electron chi connectivity index (χ3n) is 2.12. The fourth-order valence-corrected chi connectivity index (χ4v) is 2.12. The van der Waals surface area contributed by atoms with Gasteiger partial charge in [-0.05, 0) is 6.92 Å². The van der Waals surface area contributed by atoms with Crippen molar-refractivity contribution in [2.45, 2.75) is 25.9 Å². The van der Waals surface area contributed by atoms with Gasteiger partial charge in [-0.3, -0.25) is 4.79 Å². The Labute approximate surface area is 74.8 Å². The Balaban J connectivity index is 2.20. The summed E-state index contributed by atoms with van der Waals surface area (Å²) in [6.45, 7) is 2.42. The van der Waals surface area contributed by atoms with Gasteiger partial charge < -0.3 is 5.32 Å². The lowest BCUT2D eigenvalue weighted by Crippen LogP contribution is -2.40. The van der Waals surface area contributed by atoms with E-state index < -0.39 is 0 Å². The van der Waals surface area contributed by atoms with Crippen molar-refractivity contribution in [3.05, 3.63) is 16.1 Å². The highest BCUT2D eigenvalue weighted by molar-refractivity contribution is 7.09. The van der Waals surface area contributed by atoms with E-state index in [9.17, 15) is 4.79 Å². The van der Waals surface area contributed by atoms with Crippen molar-refractivity contribution >= 4 is 17.1 Å². The lowest BCUT2D eigenvalue weighted by atomic mass is 10.0. The van der Waals surface area contributed by atoms with Crippen molar-refractivity contribution in [2.24, 2.45) is 0 Å². The molecule has 1 aliphatic rings. The van der Waals surface area contributed by atoms with Crippen LogP contribution in [-0.4, -0.2) is 16.8 Å². The maximum atomic E-state index is 11.0. The molecule has 1 N–H and O–H groups in total. The van der Waals surface area contributed by atoms with Crippen LogP contribution >= 0.6 is 11.3 Å². The molecule has 1 atom stereocenters. The summed E-state index contributed by atoms with van der Waals surface area (Å²) in [7, 11) is 0. The van der Waals surface area contributed by atoms with E-state index in [4.69, 9.17) is 0 Å². The van der Waals surface area contributed by atoms with E-state index >= 15 is 0 Å². The Morgan fingerprint density at radius 1 is 1.83 bits per heavy atom. The molecule has 0 bridgehead atoms. The van der Waals surface area contributed by atoms with E-state index in [1.165, 1.54) is 4.88 Å². The minimum Gasteiger partial charge on any atom is -0.302 e. The van der Waals surface area contributed by atoms with Crippen LogP contribution in [0.4, 0.5) is 0 Å². The molecule has 3 nitrogen and oxygen atoms in total. The Morgan fingerprint density at radius 2 is 2.67 bits per heavy atom. The van der Waals surface area contributed by atoms with Crippen molar-refractivity contribution < 1.29 is 4.79 Å². The second-order valence-electron chi connectivity index (χ2n) is 2.97. The monoisotopic (exact) mass is 182 g/mol. The molecular weight excluding hydrogens is 172 g/mol. The third-order valence-corrected chi connectivity index (χ3v) is 3.00. The summed E-state index contributed by atoms with van der Waals surface area (Å²) in [4.78, 5) is 16.5. The van der Waals surface area contributed by atoms with E-state index in [2.05, 4.69) is 10.3 Å². The highest BCUT2D eigenvalue weighted by Crippen LogP contribution is 2.19. The molecule has 1 aromatic heterocycles. The first kappa shape index (κ1) is 7.89. The van der Waals surface area contributed by atoms with Crippen LogP contribution in [0.25, 0.3) is 0 Å². The van der Waals surface area contributed by atoms with Crippen LogP contribution in [-0.2, 0) is 17.8 Å². The number of thiazole rings is 1. The fourth-order valence-electron chi connectivity index (χ4n) is 1.37. The molecule has 0 fully saturated rings. The first-order valence-corrected chi connectivity index (χ1v) is 4.80. The molecule has 0 saturated heterocycles. The molecule has 64 valence electrons. The zero-order chi connectivity index (χ0) is 8.55. The molecule has 1 unspecified atom stereocenters. The van der Waals surface area contributed by atoms with Crippen LogP contribution in [0.3, 0.4) is 0 Å². The summed E-state index contributed by atoms with van der Waals surface area (Å²) < 4.78 is 0. The number of hydrogen-bond donors (Lipinski definition) is 1. The molecule has 1 aliphatic heterocycles. The van der Waals surface area contributed by atoms with E-state index in [-0.39, 0.29) is 11.8 Å². The van der Waals surface area contributed by atoms with Crippen LogP contribution in [0.5, 0.6) is 0 Å². The number of carbonyl (C=O) groups is 1. The lowest BCUT2D eigenvalue weighted by molar-refractivity contribution is -0.119. The van der Waals surface area contributed by atoms with Crippen molar-refractivity contribution in [1.82, 2.24) is 10.3 Å². The molecule has 0 aliphatic carbocycles. The number of fused-ring (bicyclic) bond motifs is 1. The van der Waals surface area contributed by atoms with Crippen molar-refractivity contribution in [3.8, 4) is 0 Å². The van der Waals surface area contributed by atoms with E-state index in [1.54, 1.807) is 18.3 Å². The SMILES string of the molecule is CC(=O)C1Cc2ncsc2CN1. The van der Waals surface area contributed by atoms with Crippen LogP contribution in [0.15, 0.2) is 5.51 Å². The van der Waals surface area contributed by atoms with Gasteiger partial charge >= 0.3 is 0 Å². The standard InChI is InChI=1S/C8H10N2OS/c1-5(11)6-2-7-8(3-9-6)12-4-10-7/h4,6,9H,2-3H2,1H3. The number of nitrogens with zero attached hydrogens (tertiary/aromatic N) is 1. The predicted molar refractivity (Wildman–Crippen MR) is 47.1 cm³/mol. The Morgan fingerprint density at radius 3 is 3.42 bits per heavy atom. The summed E-state index contributed by atoms with van der Waals surface area (Å²) in [6.07, 6.45) is 0.758. The van der Waals surface area contributed by atoms with Gasteiger partial charge in [0, 0.05) is 17.8 Å². The topological polar surface area (TPSA) is 42.0 Å². The van der Waals surface area contributed by atoms with Gasteiger partial charge in [0.05, 0.1) is 17.2 Å². The van der Waals surface area contributed by atoms with Gasteiger partial charge in [0.15, 0.2) is 0 Å². The average molecular weight is 182 g/mol. The summed E-state index contributed by atoms with van der Waals surface area (Å²) in [5.74, 6) is 0.202. The predicted octanol–water partition coefficient (Wildman–Crippen LogP) is 0.746. The molecule has 1 aromatic rings. The molecule has 0 aromatic carbocycles. The third kappa shape index (κ3) is 1.28. The molecule has 0 saturated carbocycles. The number of carbonyl (C=O) groups excluding carboxylic acids is 1. The second kappa shape index (κ2) is 2.95. The van der Waals surface area contributed by atoms with Crippen LogP contribution in [0.1, 0.15) is 17.5 Å². The van der Waals surface area contributed by atoms with Gasteiger partial charge in [-0.25, -0.2) is 4.98 Å². The Bertz CT molecular complexity index is 308. The zero-order valence-corrected chi connectivity index (χ0v) is 7.65. The van der Waals surface area contributed by atoms with Crippen LogP contribution < -0.4 is 5.32 Å². The largest absolute Gasteiger partial charge is 0.302 e. The van der Waals surface area contributed by atoms with E-state index in [0.29, 0.717) is 0 Å². The number of hydrogen-bond acceptors (Lipinski definition) is 4. The molecule has 0 spiro atoms. The first-order valence-electron chi connectivity index (χ1n) is 3.92. The summed E-state index contributed by atoms with van der Waals surface area (Å²) in [5.41, 5.74) is 2.94. The van der Waals surface area contributed by atoms with Gasteiger partial charge in [0.25, 0.3) is 0 Å². The summed E-state index contributed by atoms with van der Waals surface area (Å²) in [6, 6.07) is -0.0143. The van der Waals surface area contributed by atoms with Gasteiger partial charge in [-0.1, -0.05) is 0 Å². The minimum atomic E-state index is -0.0143. The lowest BCUT2D eigenvalue weighted by Gasteiger charge is -2.19. The zero-order valence-electron chi connectivity index (χ0n) is 6.83. The molecule has 12 heavy (non-hydrogen) atoms. The van der Waals surface area contributed by atoms with E-state index in [0.717, 1.165) is 18.7 Å². The first-order chi connectivity index (χ1) is 5.77. The van der Waals surface area contributed by atoms with Gasteiger partial charge in [0.2, 0.25) is 0 Å². The maximum absolute atomic E-state index is 11.0. The Kier molecular flexibility index (Phi) is 1.94. The van der Waals surface area contributed by atoms with Crippen LogP contribution in [0, 0.1) is 0 Å². The highest BCUT2D eigenvalue weighted by atomic mass is 32.1.